The minimum atomic E-state index is -0.505. The highest BCUT2D eigenvalue weighted by Crippen LogP contribution is 2.37. The van der Waals surface area contributed by atoms with Crippen molar-refractivity contribution in [2.45, 2.75) is 128 Å². The van der Waals surface area contributed by atoms with Gasteiger partial charge in [-0.3, -0.25) is 0 Å². The lowest BCUT2D eigenvalue weighted by molar-refractivity contribution is 0.392. The van der Waals surface area contributed by atoms with E-state index in [1.54, 1.807) is 21.3 Å². The van der Waals surface area contributed by atoms with Gasteiger partial charge < -0.3 is 9.47 Å². The summed E-state index contributed by atoms with van der Waals surface area (Å²) in [6.45, 7) is 2.27. The van der Waals surface area contributed by atoms with E-state index >= 15 is 0 Å². The van der Waals surface area contributed by atoms with E-state index in [0.29, 0.717) is 0 Å². The van der Waals surface area contributed by atoms with Crippen molar-refractivity contribution in [3.05, 3.63) is 59.7 Å². The number of benzene rings is 2. The van der Waals surface area contributed by atoms with Crippen molar-refractivity contribution in [2.75, 3.05) is 21.3 Å². The van der Waals surface area contributed by atoms with E-state index in [2.05, 4.69) is 47.5 Å². The summed E-state index contributed by atoms with van der Waals surface area (Å²) < 4.78 is 10.9. The first-order valence-corrected chi connectivity index (χ1v) is 16.1. The van der Waals surface area contributed by atoms with Crippen molar-refractivity contribution < 1.29 is 9.47 Å². The molecule has 0 amide bonds. The monoisotopic (exact) mass is 561 g/mol. The number of rotatable bonds is 23. The van der Waals surface area contributed by atoms with Gasteiger partial charge in [0, 0.05) is 7.05 Å². The van der Waals surface area contributed by atoms with Gasteiger partial charge in [0.15, 0.2) is 0 Å². The molecule has 5 nitrogen and oxygen atoms in total. The maximum atomic E-state index is 10.6. The van der Waals surface area contributed by atoms with Crippen LogP contribution in [-0.4, -0.2) is 27.3 Å². The van der Waals surface area contributed by atoms with Crippen LogP contribution in [0.25, 0.3) is 0 Å². The summed E-state index contributed by atoms with van der Waals surface area (Å²) >= 11 is 0. The topological polar surface area (TPSA) is 67.0 Å². The number of aryl methyl sites for hydroxylation is 1. The Balaban J connectivity index is 1.93. The molecule has 0 radical (unpaired) electrons. The molecule has 0 saturated carbocycles. The number of hydrogen-bond donors (Lipinski definition) is 0. The Bertz CT molecular complexity index is 1030. The Labute approximate surface area is 250 Å². The van der Waals surface area contributed by atoms with Crippen LogP contribution in [0, 0.1) is 11.3 Å². The molecule has 5 heteroatoms. The maximum absolute atomic E-state index is 10.6. The van der Waals surface area contributed by atoms with E-state index < -0.39 is 5.41 Å². The zero-order valence-electron chi connectivity index (χ0n) is 26.4. The average Bonchev–Trinajstić information content (AvgIpc) is 3.01. The van der Waals surface area contributed by atoms with Crippen LogP contribution >= 0.6 is 0 Å². The summed E-state index contributed by atoms with van der Waals surface area (Å²) in [6.07, 6.45) is 19.8. The molecule has 0 aliphatic carbocycles. The number of methoxy groups -OCH3 is 2. The van der Waals surface area contributed by atoms with Gasteiger partial charge in [-0.1, -0.05) is 102 Å². The van der Waals surface area contributed by atoms with Crippen molar-refractivity contribution in [1.29, 1.82) is 5.26 Å². The fraction of sp³-hybridized carbons (Fsp3) is 0.639. The van der Waals surface area contributed by atoms with Crippen LogP contribution < -0.4 is 9.47 Å². The molecule has 41 heavy (non-hydrogen) atoms. The van der Waals surface area contributed by atoms with Crippen LogP contribution in [0.1, 0.15) is 121 Å². The third-order valence-corrected chi connectivity index (χ3v) is 8.36. The Morgan fingerprint density at radius 1 is 0.756 bits per heavy atom. The molecular formula is C36H55N3O2. The summed E-state index contributed by atoms with van der Waals surface area (Å²) in [4.78, 5) is 0. The molecule has 0 aliphatic heterocycles. The molecule has 0 aliphatic rings. The van der Waals surface area contributed by atoms with Gasteiger partial charge in [-0.05, 0) is 73.9 Å². The van der Waals surface area contributed by atoms with E-state index in [9.17, 15) is 5.26 Å². The number of ether oxygens (including phenoxy) is 2. The van der Waals surface area contributed by atoms with Gasteiger partial charge in [0.1, 0.15) is 11.5 Å². The largest absolute Gasteiger partial charge is 0.497 e. The van der Waals surface area contributed by atoms with Gasteiger partial charge >= 0.3 is 0 Å². The smallest absolute Gasteiger partial charge is 0.119 e. The Morgan fingerprint density at radius 3 is 1.95 bits per heavy atom. The van der Waals surface area contributed by atoms with Crippen molar-refractivity contribution in [3.63, 3.8) is 0 Å². The van der Waals surface area contributed by atoms with E-state index in [0.717, 1.165) is 62.0 Å². The molecule has 0 spiro atoms. The summed E-state index contributed by atoms with van der Waals surface area (Å²) in [5.41, 5.74) is 1.82. The molecule has 2 aromatic carbocycles. The fourth-order valence-corrected chi connectivity index (χ4v) is 5.83. The first kappa shape index (κ1) is 34.3. The molecule has 0 bridgehead atoms. The Morgan fingerprint density at radius 2 is 1.34 bits per heavy atom. The molecule has 2 rings (SSSR count). The van der Waals surface area contributed by atoms with Crippen LogP contribution in [-0.2, 0) is 11.8 Å². The van der Waals surface area contributed by atoms with Gasteiger partial charge in [0.05, 0.1) is 31.7 Å². The predicted octanol–water partition coefficient (Wildman–Crippen LogP) is 10.4. The van der Waals surface area contributed by atoms with E-state index in [4.69, 9.17) is 9.47 Å². The highest BCUT2D eigenvalue weighted by Gasteiger charge is 2.32. The van der Waals surface area contributed by atoms with Crippen molar-refractivity contribution >= 4 is 0 Å². The van der Waals surface area contributed by atoms with E-state index in [-0.39, 0.29) is 6.04 Å². The zero-order valence-corrected chi connectivity index (χ0v) is 26.4. The normalized spacial score (nSPS) is 13.5. The van der Waals surface area contributed by atoms with Crippen LogP contribution in [0.15, 0.2) is 58.8 Å². The SMILES string of the molecule is CCCCCCCCCCCCCC(C#N)(CCCC(CCc1cccc(OC)c1)N=NC)c1cccc(OC)c1. The van der Waals surface area contributed by atoms with Crippen molar-refractivity contribution in [1.82, 2.24) is 0 Å². The van der Waals surface area contributed by atoms with Crippen LogP contribution in [0.4, 0.5) is 0 Å². The molecule has 0 heterocycles. The molecule has 0 fully saturated rings. The summed E-state index contributed by atoms with van der Waals surface area (Å²) in [7, 11) is 5.15. The highest BCUT2D eigenvalue weighted by molar-refractivity contribution is 5.38. The molecule has 2 aromatic rings. The molecule has 0 saturated heterocycles. The van der Waals surface area contributed by atoms with Gasteiger partial charge in [-0.2, -0.15) is 15.5 Å². The Kier molecular flexibility index (Phi) is 17.5. The molecular weight excluding hydrogens is 506 g/mol. The zero-order chi connectivity index (χ0) is 29.6. The van der Waals surface area contributed by atoms with Gasteiger partial charge in [-0.15, -0.1) is 0 Å². The number of unbranched alkanes of at least 4 members (excludes halogenated alkanes) is 10. The highest BCUT2D eigenvalue weighted by atomic mass is 16.5. The lowest BCUT2D eigenvalue weighted by atomic mass is 9.73. The number of hydrogen-bond acceptors (Lipinski definition) is 5. The molecule has 2 atom stereocenters. The summed E-state index contributed by atoms with van der Waals surface area (Å²) in [5.74, 6) is 1.70. The first-order chi connectivity index (χ1) is 20.1. The second-order valence-electron chi connectivity index (χ2n) is 11.5. The molecule has 226 valence electrons. The van der Waals surface area contributed by atoms with Gasteiger partial charge in [0.2, 0.25) is 0 Å². The van der Waals surface area contributed by atoms with Gasteiger partial charge in [-0.25, -0.2) is 0 Å². The van der Waals surface area contributed by atoms with Crippen LogP contribution in [0.2, 0.25) is 0 Å². The number of nitrogens with zero attached hydrogens (tertiary/aromatic N) is 3. The number of azo groups is 1. The third-order valence-electron chi connectivity index (χ3n) is 8.36. The number of nitriles is 1. The third kappa shape index (κ3) is 13.1. The van der Waals surface area contributed by atoms with E-state index in [1.165, 1.54) is 69.8 Å². The Hall–Kier alpha value is -2.87. The second kappa shape index (κ2) is 20.9. The first-order valence-electron chi connectivity index (χ1n) is 16.1. The minimum Gasteiger partial charge on any atom is -0.497 e. The summed E-state index contributed by atoms with van der Waals surface area (Å²) in [6, 6.07) is 19.3. The van der Waals surface area contributed by atoms with E-state index in [1.807, 2.05) is 24.3 Å². The molecule has 2 unspecified atom stereocenters. The standard InChI is InChI=1S/C36H55N3O2/c1-5-6-7-8-9-10-11-12-13-14-15-26-36(30-37,32-20-17-23-35(29-32)41-4)27-18-21-33(39-38-2)25-24-31-19-16-22-34(28-31)40-3/h16-17,19-20,22-23,28-29,33H,5-15,18,21,24-27H2,1-4H3. The van der Waals surface area contributed by atoms with Crippen molar-refractivity contribution in [3.8, 4) is 17.6 Å². The lowest BCUT2D eigenvalue weighted by Gasteiger charge is -2.28. The summed E-state index contributed by atoms with van der Waals surface area (Å²) in [5, 5.41) is 19.3. The lowest BCUT2D eigenvalue weighted by Crippen LogP contribution is -2.25. The second-order valence-corrected chi connectivity index (χ2v) is 11.5. The molecule has 0 aromatic heterocycles. The van der Waals surface area contributed by atoms with Crippen molar-refractivity contribution in [2.24, 2.45) is 10.2 Å². The van der Waals surface area contributed by atoms with Gasteiger partial charge in [0.25, 0.3) is 0 Å². The predicted molar refractivity (Wildman–Crippen MR) is 171 cm³/mol. The quantitative estimate of drug-likeness (QED) is 0.100. The average molecular weight is 562 g/mol. The fourth-order valence-electron chi connectivity index (χ4n) is 5.83. The molecule has 0 N–H and O–H groups in total. The maximum Gasteiger partial charge on any atom is 0.119 e. The minimum absolute atomic E-state index is 0.148. The van der Waals surface area contributed by atoms with Crippen LogP contribution in [0.3, 0.4) is 0 Å². The van der Waals surface area contributed by atoms with Crippen LogP contribution in [0.5, 0.6) is 11.5 Å².